The van der Waals surface area contributed by atoms with Gasteiger partial charge in [0.05, 0.1) is 25.9 Å². The van der Waals surface area contributed by atoms with Crippen LogP contribution in [-0.4, -0.2) is 74.3 Å². The van der Waals surface area contributed by atoms with Crippen LogP contribution in [0.3, 0.4) is 0 Å². The normalized spacial score (nSPS) is 25.8. The first kappa shape index (κ1) is 42.6. The standard InChI is InChI=1S/C38H60F6NO5P/c1-7-8-23-49-51(45(26(2)3)27(4)5)50-24-10-9-20-46-29-13-15-30-28(25-29)12-14-32-31(30)18-19-36(6)33(32)16-17-34(36)47-21-11-22-48-35(37(39,40)41)38(42,43)44/h13,15,25-27,31-35H,7-12,14,16-24H2,1-6H3. The lowest BCUT2D eigenvalue weighted by Gasteiger charge is -2.50. The Morgan fingerprint density at radius 2 is 1.49 bits per heavy atom. The van der Waals surface area contributed by atoms with E-state index in [-0.39, 0.29) is 24.5 Å². The first-order valence-corrected chi connectivity index (χ1v) is 20.2. The molecule has 0 saturated heterocycles. The average molecular weight is 756 g/mol. The number of ether oxygens (including phenoxy) is 3. The molecule has 0 aliphatic heterocycles. The van der Waals surface area contributed by atoms with Crippen molar-refractivity contribution >= 4 is 8.53 Å². The van der Waals surface area contributed by atoms with Crippen molar-refractivity contribution in [2.75, 3.05) is 33.0 Å². The van der Waals surface area contributed by atoms with Crippen LogP contribution in [0, 0.1) is 17.3 Å². The van der Waals surface area contributed by atoms with Gasteiger partial charge in [-0.25, -0.2) is 4.67 Å². The summed E-state index contributed by atoms with van der Waals surface area (Å²) in [6.45, 7) is 14.5. The number of unbranched alkanes of at least 4 members (excludes halogenated alkanes) is 2. The molecule has 1 aromatic carbocycles. The van der Waals surface area contributed by atoms with Crippen molar-refractivity contribution in [2.45, 2.75) is 155 Å². The van der Waals surface area contributed by atoms with Gasteiger partial charge in [0.15, 0.2) is 0 Å². The van der Waals surface area contributed by atoms with Gasteiger partial charge in [-0.1, -0.05) is 26.3 Å². The molecule has 2 saturated carbocycles. The molecule has 6 unspecified atom stereocenters. The molecule has 2 fully saturated rings. The third-order valence-electron chi connectivity index (χ3n) is 11.1. The van der Waals surface area contributed by atoms with Crippen LogP contribution in [0.15, 0.2) is 18.2 Å². The van der Waals surface area contributed by atoms with E-state index in [0.717, 1.165) is 70.0 Å². The average Bonchev–Trinajstić information content (AvgIpc) is 3.38. The second-order valence-electron chi connectivity index (χ2n) is 15.3. The minimum absolute atomic E-state index is 0.0257. The maximum atomic E-state index is 12.8. The number of rotatable bonds is 20. The SMILES string of the molecule is CCCCOP(OCCCCOc1ccc2c(c1)CCC1C2CCC2(C)C(OCCCOC(C(F)(F)F)C(F)(F)F)CCC12)N(C(C)C)C(C)C. The van der Waals surface area contributed by atoms with Gasteiger partial charge in [-0.2, -0.15) is 26.3 Å². The van der Waals surface area contributed by atoms with Gasteiger partial charge in [0, 0.05) is 25.3 Å². The zero-order chi connectivity index (χ0) is 37.4. The Balaban J connectivity index is 1.22. The van der Waals surface area contributed by atoms with Gasteiger partial charge in [-0.3, -0.25) is 0 Å². The molecule has 6 atom stereocenters. The first-order valence-electron chi connectivity index (χ1n) is 19.0. The van der Waals surface area contributed by atoms with Crippen LogP contribution in [0.1, 0.15) is 123 Å². The van der Waals surface area contributed by atoms with Crippen molar-refractivity contribution in [2.24, 2.45) is 17.3 Å². The molecule has 0 spiro atoms. The Hall–Kier alpha value is -1.17. The van der Waals surface area contributed by atoms with E-state index in [9.17, 15) is 26.3 Å². The number of benzene rings is 1. The topological polar surface area (TPSA) is 49.4 Å². The van der Waals surface area contributed by atoms with Crippen molar-refractivity contribution in [3.05, 3.63) is 29.3 Å². The van der Waals surface area contributed by atoms with E-state index in [1.54, 1.807) is 0 Å². The molecule has 294 valence electrons. The maximum absolute atomic E-state index is 12.8. The lowest BCUT2D eigenvalue weighted by molar-refractivity contribution is -0.322. The number of aryl methyl sites for hydroxylation is 1. The van der Waals surface area contributed by atoms with Gasteiger partial charge in [-0.05, 0) is 138 Å². The quantitative estimate of drug-likeness (QED) is 0.0750. The molecule has 4 rings (SSSR count). The molecule has 6 nitrogen and oxygen atoms in total. The van der Waals surface area contributed by atoms with E-state index in [2.05, 4.69) is 69.1 Å². The van der Waals surface area contributed by atoms with Crippen LogP contribution in [0.4, 0.5) is 26.3 Å². The summed E-state index contributed by atoms with van der Waals surface area (Å²) in [4.78, 5) is 0. The van der Waals surface area contributed by atoms with Gasteiger partial charge in [0.1, 0.15) is 5.75 Å². The summed E-state index contributed by atoms with van der Waals surface area (Å²) in [7, 11) is -1.10. The van der Waals surface area contributed by atoms with Crippen molar-refractivity contribution in [3.8, 4) is 5.75 Å². The van der Waals surface area contributed by atoms with Crippen LogP contribution in [0.25, 0.3) is 0 Å². The summed E-state index contributed by atoms with van der Waals surface area (Å²) >= 11 is 0. The van der Waals surface area contributed by atoms with Crippen LogP contribution >= 0.6 is 8.53 Å². The molecule has 1 aromatic rings. The maximum Gasteiger partial charge on any atom is 0.423 e. The van der Waals surface area contributed by atoms with E-state index in [1.807, 2.05) is 0 Å². The minimum Gasteiger partial charge on any atom is -0.494 e. The molecule has 0 heterocycles. The molecule has 3 aliphatic carbocycles. The minimum atomic E-state index is -5.50. The Morgan fingerprint density at radius 3 is 2.14 bits per heavy atom. The van der Waals surface area contributed by atoms with E-state index < -0.39 is 33.6 Å². The number of hydrogen-bond donors (Lipinski definition) is 0. The van der Waals surface area contributed by atoms with Gasteiger partial charge in [-0.15, -0.1) is 0 Å². The van der Waals surface area contributed by atoms with Crippen molar-refractivity contribution in [1.29, 1.82) is 0 Å². The molecule has 51 heavy (non-hydrogen) atoms. The zero-order valence-corrected chi connectivity index (χ0v) is 32.2. The van der Waals surface area contributed by atoms with Crippen LogP contribution in [-0.2, 0) is 24.9 Å². The van der Waals surface area contributed by atoms with Crippen molar-refractivity contribution in [3.63, 3.8) is 0 Å². The van der Waals surface area contributed by atoms with Gasteiger partial charge < -0.3 is 23.3 Å². The van der Waals surface area contributed by atoms with Gasteiger partial charge >= 0.3 is 12.4 Å². The number of halogens is 6. The molecule has 0 bridgehead atoms. The molecule has 0 N–H and O–H groups in total. The number of hydrogen-bond acceptors (Lipinski definition) is 6. The third kappa shape index (κ3) is 11.2. The number of nitrogens with zero attached hydrogens (tertiary/aromatic N) is 1. The summed E-state index contributed by atoms with van der Waals surface area (Å²) in [6, 6.07) is 7.24. The number of fused-ring (bicyclic) bond motifs is 5. The molecular formula is C38H60F6NO5P. The second-order valence-corrected chi connectivity index (χ2v) is 16.8. The largest absolute Gasteiger partial charge is 0.494 e. The van der Waals surface area contributed by atoms with Gasteiger partial charge in [0.2, 0.25) is 6.10 Å². The van der Waals surface area contributed by atoms with Gasteiger partial charge in [0.25, 0.3) is 8.53 Å². The summed E-state index contributed by atoms with van der Waals surface area (Å²) in [5.74, 6) is 2.37. The lowest BCUT2D eigenvalue weighted by Crippen LogP contribution is -2.45. The molecule has 13 heteroatoms. The smallest absolute Gasteiger partial charge is 0.423 e. The fourth-order valence-corrected chi connectivity index (χ4v) is 10.4. The van der Waals surface area contributed by atoms with E-state index >= 15 is 0 Å². The fourth-order valence-electron chi connectivity index (χ4n) is 8.70. The summed E-state index contributed by atoms with van der Waals surface area (Å²) in [5.41, 5.74) is 2.72. The van der Waals surface area contributed by atoms with Crippen LogP contribution < -0.4 is 4.74 Å². The fraction of sp³-hybridized carbons (Fsp3) is 0.842. The Morgan fingerprint density at radius 1 is 0.824 bits per heavy atom. The summed E-state index contributed by atoms with van der Waals surface area (Å²) in [5, 5.41) is 0. The third-order valence-corrected chi connectivity index (χ3v) is 13.2. The Kier molecular flexibility index (Phi) is 15.8. The van der Waals surface area contributed by atoms with E-state index in [4.69, 9.17) is 18.5 Å². The summed E-state index contributed by atoms with van der Waals surface area (Å²) in [6.07, 6.45) is -5.00. The lowest BCUT2D eigenvalue weighted by atomic mass is 9.55. The highest BCUT2D eigenvalue weighted by Crippen LogP contribution is 2.61. The predicted molar refractivity (Wildman–Crippen MR) is 188 cm³/mol. The second kappa shape index (κ2) is 18.9. The van der Waals surface area contributed by atoms with E-state index in [0.29, 0.717) is 49.7 Å². The predicted octanol–water partition coefficient (Wildman–Crippen LogP) is 11.2. The van der Waals surface area contributed by atoms with Crippen LogP contribution in [0.2, 0.25) is 0 Å². The Bertz CT molecular complexity index is 1180. The summed E-state index contributed by atoms with van der Waals surface area (Å²) < 4.78 is 108. The van der Waals surface area contributed by atoms with E-state index in [1.165, 1.54) is 11.1 Å². The Labute approximate surface area is 302 Å². The number of alkyl halides is 6. The molecule has 0 aromatic heterocycles. The van der Waals surface area contributed by atoms with Crippen LogP contribution in [0.5, 0.6) is 5.75 Å². The molecular weight excluding hydrogens is 695 g/mol. The van der Waals surface area contributed by atoms with Crippen molar-refractivity contribution < 1.29 is 49.6 Å². The highest BCUT2D eigenvalue weighted by atomic mass is 31.2. The molecule has 3 aliphatic rings. The highest BCUT2D eigenvalue weighted by molar-refractivity contribution is 7.44. The first-order chi connectivity index (χ1) is 24.1. The molecule has 0 amide bonds. The highest BCUT2D eigenvalue weighted by Gasteiger charge is 2.58. The zero-order valence-electron chi connectivity index (χ0n) is 31.3. The molecule has 0 radical (unpaired) electrons. The monoisotopic (exact) mass is 755 g/mol. The van der Waals surface area contributed by atoms with Crippen molar-refractivity contribution in [1.82, 2.24) is 4.67 Å².